The summed E-state index contributed by atoms with van der Waals surface area (Å²) in [4.78, 5) is 30.7. The molecule has 2 aromatic rings. The molecular weight excluding hydrogens is 337 g/mol. The highest BCUT2D eigenvalue weighted by Crippen LogP contribution is 2.39. The van der Waals surface area contributed by atoms with Gasteiger partial charge < -0.3 is 16.0 Å². The highest BCUT2D eigenvalue weighted by Gasteiger charge is 2.29. The molecule has 2 aromatic heterocycles. The second kappa shape index (κ2) is 6.81. The van der Waals surface area contributed by atoms with Crippen LogP contribution in [0.5, 0.6) is 0 Å². The summed E-state index contributed by atoms with van der Waals surface area (Å²) in [5.74, 6) is 1.56. The van der Waals surface area contributed by atoms with Gasteiger partial charge in [-0.25, -0.2) is 24.3 Å². The second-order valence-corrected chi connectivity index (χ2v) is 6.64. The van der Waals surface area contributed by atoms with E-state index in [2.05, 4.69) is 20.3 Å². The zero-order valence-electron chi connectivity index (χ0n) is 14.3. The summed E-state index contributed by atoms with van der Waals surface area (Å²) < 4.78 is 13.1. The van der Waals surface area contributed by atoms with Crippen LogP contribution in [0.15, 0.2) is 12.4 Å². The number of carbonyl (C=O) groups excluding carboxylic acids is 1. The molecule has 3 N–H and O–H groups in total. The molecule has 3 heterocycles. The van der Waals surface area contributed by atoms with Gasteiger partial charge in [0.1, 0.15) is 11.6 Å². The zero-order chi connectivity index (χ0) is 18.1. The Labute approximate surface area is 150 Å². The van der Waals surface area contributed by atoms with Crippen molar-refractivity contribution < 1.29 is 9.18 Å². The van der Waals surface area contributed by atoms with E-state index < -0.39 is 11.7 Å². The van der Waals surface area contributed by atoms with Gasteiger partial charge >= 0.3 is 0 Å². The van der Waals surface area contributed by atoms with Crippen LogP contribution in [0.4, 0.5) is 16.2 Å². The van der Waals surface area contributed by atoms with Crippen molar-refractivity contribution in [1.29, 1.82) is 0 Å². The average molecular weight is 357 g/mol. The highest BCUT2D eigenvalue weighted by atomic mass is 19.1. The lowest BCUT2D eigenvalue weighted by atomic mass is 10.1. The van der Waals surface area contributed by atoms with Crippen LogP contribution < -0.4 is 16.0 Å². The van der Waals surface area contributed by atoms with Gasteiger partial charge in [0.2, 0.25) is 11.9 Å². The Morgan fingerprint density at radius 3 is 2.65 bits per heavy atom. The molecule has 1 aliphatic heterocycles. The normalized spacial score (nSPS) is 16.7. The van der Waals surface area contributed by atoms with E-state index >= 15 is 0 Å². The minimum atomic E-state index is -0.454. The van der Waals surface area contributed by atoms with Gasteiger partial charge in [-0.05, 0) is 19.3 Å². The van der Waals surface area contributed by atoms with Crippen molar-refractivity contribution >= 4 is 17.7 Å². The molecule has 26 heavy (non-hydrogen) atoms. The van der Waals surface area contributed by atoms with Gasteiger partial charge in [-0.15, -0.1) is 0 Å². The van der Waals surface area contributed by atoms with E-state index in [4.69, 9.17) is 10.7 Å². The Morgan fingerprint density at radius 2 is 1.96 bits per heavy atom. The fraction of sp³-hybridized carbons (Fsp3) is 0.471. The SMILES string of the molecule is NC(=O)CNc1nc(C2CC2)nc2c1CCN(c1ncc(F)cn1)CC2. The number of nitrogens with two attached hydrogens (primary N) is 1. The summed E-state index contributed by atoms with van der Waals surface area (Å²) in [5.41, 5.74) is 7.25. The first-order valence-corrected chi connectivity index (χ1v) is 8.74. The molecule has 8 nitrogen and oxygen atoms in total. The van der Waals surface area contributed by atoms with Gasteiger partial charge in [0.05, 0.1) is 24.6 Å². The third-order valence-electron chi connectivity index (χ3n) is 4.62. The number of anilines is 2. The van der Waals surface area contributed by atoms with E-state index in [0.29, 0.717) is 43.6 Å². The molecule has 0 spiro atoms. The first kappa shape index (κ1) is 16.6. The molecule has 0 radical (unpaired) electrons. The van der Waals surface area contributed by atoms with E-state index in [-0.39, 0.29) is 6.54 Å². The van der Waals surface area contributed by atoms with Crippen molar-refractivity contribution in [2.45, 2.75) is 31.6 Å². The first-order valence-electron chi connectivity index (χ1n) is 8.74. The van der Waals surface area contributed by atoms with Crippen molar-refractivity contribution in [2.24, 2.45) is 5.73 Å². The maximum Gasteiger partial charge on any atom is 0.236 e. The summed E-state index contributed by atoms with van der Waals surface area (Å²) in [7, 11) is 0. The van der Waals surface area contributed by atoms with E-state index in [1.54, 1.807) is 0 Å². The molecule has 136 valence electrons. The molecule has 9 heteroatoms. The summed E-state index contributed by atoms with van der Waals surface area (Å²) in [5, 5.41) is 3.06. The third kappa shape index (κ3) is 3.56. The summed E-state index contributed by atoms with van der Waals surface area (Å²) in [6, 6.07) is 0. The molecule has 4 rings (SSSR count). The molecule has 0 aromatic carbocycles. The lowest BCUT2D eigenvalue weighted by molar-refractivity contribution is -0.116. The lowest BCUT2D eigenvalue weighted by Gasteiger charge is -2.19. The van der Waals surface area contributed by atoms with E-state index in [0.717, 1.165) is 29.9 Å². The minimum Gasteiger partial charge on any atom is -0.368 e. The number of nitrogens with one attached hydrogen (secondary N) is 1. The Morgan fingerprint density at radius 1 is 1.23 bits per heavy atom. The van der Waals surface area contributed by atoms with E-state index in [1.165, 1.54) is 12.4 Å². The maximum atomic E-state index is 13.1. The second-order valence-electron chi connectivity index (χ2n) is 6.64. The minimum absolute atomic E-state index is 0.0400. The van der Waals surface area contributed by atoms with Gasteiger partial charge in [0.25, 0.3) is 0 Å². The largest absolute Gasteiger partial charge is 0.368 e. The van der Waals surface area contributed by atoms with Gasteiger partial charge in [0, 0.05) is 31.0 Å². The number of carbonyl (C=O) groups is 1. The number of hydrogen-bond donors (Lipinski definition) is 2. The molecule has 1 saturated carbocycles. The Balaban J connectivity index is 1.60. The lowest BCUT2D eigenvalue weighted by Crippen LogP contribution is -2.28. The third-order valence-corrected chi connectivity index (χ3v) is 4.62. The van der Waals surface area contributed by atoms with E-state index in [1.807, 2.05) is 4.90 Å². The van der Waals surface area contributed by atoms with Crippen molar-refractivity contribution in [2.75, 3.05) is 29.9 Å². The van der Waals surface area contributed by atoms with Crippen LogP contribution in [0.2, 0.25) is 0 Å². The molecule has 0 atom stereocenters. The molecule has 1 fully saturated rings. The molecule has 0 bridgehead atoms. The number of nitrogens with zero attached hydrogens (tertiary/aromatic N) is 5. The average Bonchev–Trinajstić information content (AvgIpc) is 3.47. The van der Waals surface area contributed by atoms with Crippen molar-refractivity contribution in [3.63, 3.8) is 0 Å². The van der Waals surface area contributed by atoms with E-state index in [9.17, 15) is 9.18 Å². The van der Waals surface area contributed by atoms with Crippen molar-refractivity contribution in [3.8, 4) is 0 Å². The van der Waals surface area contributed by atoms with Crippen LogP contribution in [0.3, 0.4) is 0 Å². The highest BCUT2D eigenvalue weighted by molar-refractivity contribution is 5.78. The fourth-order valence-electron chi connectivity index (χ4n) is 3.13. The number of halogens is 1. The maximum absolute atomic E-state index is 13.1. The number of fused-ring (bicyclic) bond motifs is 1. The van der Waals surface area contributed by atoms with Crippen LogP contribution in [0.25, 0.3) is 0 Å². The molecule has 1 amide bonds. The van der Waals surface area contributed by atoms with Gasteiger partial charge in [0.15, 0.2) is 5.82 Å². The number of aromatic nitrogens is 4. The molecule has 2 aliphatic rings. The Hall–Kier alpha value is -2.84. The smallest absolute Gasteiger partial charge is 0.236 e. The fourth-order valence-corrected chi connectivity index (χ4v) is 3.13. The van der Waals surface area contributed by atoms with Crippen LogP contribution in [-0.4, -0.2) is 45.5 Å². The molecule has 1 aliphatic carbocycles. The summed E-state index contributed by atoms with van der Waals surface area (Å²) in [6.45, 7) is 1.39. The summed E-state index contributed by atoms with van der Waals surface area (Å²) >= 11 is 0. The zero-order valence-corrected chi connectivity index (χ0v) is 14.3. The van der Waals surface area contributed by atoms with Gasteiger partial charge in [-0.2, -0.15) is 0 Å². The van der Waals surface area contributed by atoms with Crippen molar-refractivity contribution in [3.05, 3.63) is 35.3 Å². The van der Waals surface area contributed by atoms with Crippen molar-refractivity contribution in [1.82, 2.24) is 19.9 Å². The predicted octanol–water partition coefficient (Wildman–Crippen LogP) is 0.785. The topological polar surface area (TPSA) is 110 Å². The Kier molecular flexibility index (Phi) is 4.36. The number of rotatable bonds is 5. The predicted molar refractivity (Wildman–Crippen MR) is 93.3 cm³/mol. The van der Waals surface area contributed by atoms with Crippen LogP contribution in [0.1, 0.15) is 35.8 Å². The molecule has 0 saturated heterocycles. The standard InChI is InChI=1S/C17H20FN7O/c18-11-7-21-17(22-8-11)25-5-3-12-13(4-6-25)23-15(10-1-2-10)24-16(12)20-9-14(19)26/h7-8,10H,1-6,9H2,(H2,19,26)(H,20,23,24). The first-order chi connectivity index (χ1) is 12.6. The quantitative estimate of drug-likeness (QED) is 0.814. The van der Waals surface area contributed by atoms with Gasteiger partial charge in [-0.1, -0.05) is 0 Å². The Bertz CT molecular complexity index is 823. The number of primary amides is 1. The van der Waals surface area contributed by atoms with Gasteiger partial charge in [-0.3, -0.25) is 4.79 Å². The number of hydrogen-bond acceptors (Lipinski definition) is 7. The molecule has 0 unspecified atom stereocenters. The van der Waals surface area contributed by atoms with Crippen LogP contribution >= 0.6 is 0 Å². The monoisotopic (exact) mass is 357 g/mol. The summed E-state index contributed by atoms with van der Waals surface area (Å²) in [6.07, 6.45) is 5.94. The molecular formula is C17H20FN7O. The number of amides is 1. The van der Waals surface area contributed by atoms with Crippen LogP contribution in [-0.2, 0) is 17.6 Å². The van der Waals surface area contributed by atoms with Crippen LogP contribution in [0, 0.1) is 5.82 Å².